The molecule has 1 saturated heterocycles. The zero-order valence-electron chi connectivity index (χ0n) is 6.04. The molecule has 2 unspecified atom stereocenters. The van der Waals surface area contributed by atoms with E-state index in [-0.39, 0.29) is 5.92 Å². The molecule has 0 aromatic rings. The maximum absolute atomic E-state index is 9.97. The zero-order chi connectivity index (χ0) is 7.56. The molecule has 2 rings (SSSR count). The Labute approximate surface area is 60.0 Å². The van der Waals surface area contributed by atoms with Gasteiger partial charge < -0.3 is 9.84 Å². The molecule has 3 heteroatoms. The van der Waals surface area contributed by atoms with Crippen LogP contribution in [-0.2, 0) is 9.53 Å². The van der Waals surface area contributed by atoms with Crippen LogP contribution in [0.15, 0.2) is 0 Å². The van der Waals surface area contributed by atoms with E-state index in [1.165, 1.54) is 0 Å². The van der Waals surface area contributed by atoms with Crippen molar-refractivity contribution in [2.45, 2.75) is 13.3 Å². The fourth-order valence-corrected chi connectivity index (χ4v) is 0.666. The first-order valence-corrected chi connectivity index (χ1v) is 3.52. The average Bonchev–Trinajstić information content (AvgIpc) is 2.59. The maximum atomic E-state index is 9.97. The van der Waals surface area contributed by atoms with Crippen LogP contribution < -0.4 is 0 Å². The van der Waals surface area contributed by atoms with Crippen molar-refractivity contribution in [2.75, 3.05) is 13.2 Å². The van der Waals surface area contributed by atoms with Gasteiger partial charge in [0.2, 0.25) is 0 Å². The fourth-order valence-electron chi connectivity index (χ4n) is 0.666. The Balaban J connectivity index is 0.000000138. The molecule has 3 nitrogen and oxygen atoms in total. The molecular weight excluding hydrogens is 132 g/mol. The van der Waals surface area contributed by atoms with Gasteiger partial charge in [-0.15, -0.1) is 0 Å². The molecule has 0 bridgehead atoms. The summed E-state index contributed by atoms with van der Waals surface area (Å²) < 4.78 is 4.50. The lowest BCUT2D eigenvalue weighted by atomic mass is 10.3. The van der Waals surface area contributed by atoms with Gasteiger partial charge in [-0.1, -0.05) is 6.92 Å². The number of hydrogen-bond acceptors (Lipinski definition) is 2. The van der Waals surface area contributed by atoms with Crippen molar-refractivity contribution < 1.29 is 14.6 Å². The summed E-state index contributed by atoms with van der Waals surface area (Å²) in [5, 5.41) is 8.22. The van der Waals surface area contributed by atoms with Gasteiger partial charge in [0.15, 0.2) is 0 Å². The predicted molar refractivity (Wildman–Crippen MR) is 35.7 cm³/mol. The highest BCUT2D eigenvalue weighted by molar-refractivity contribution is 5.73. The number of hydrogen-bond donors (Lipinski definition) is 1. The van der Waals surface area contributed by atoms with Crippen LogP contribution >= 0.6 is 0 Å². The second-order valence-electron chi connectivity index (χ2n) is 2.77. The normalized spacial score (nSPS) is 33.7. The highest BCUT2D eigenvalue weighted by atomic mass is 16.6. The fraction of sp³-hybridized carbons (Fsp3) is 0.857. The van der Waals surface area contributed by atoms with Crippen LogP contribution in [0.25, 0.3) is 0 Å². The molecule has 0 radical (unpaired) electrons. The van der Waals surface area contributed by atoms with Crippen LogP contribution in [0.3, 0.4) is 0 Å². The third-order valence-corrected chi connectivity index (χ3v) is 1.63. The zero-order valence-corrected chi connectivity index (χ0v) is 6.04. The molecule has 0 aromatic carbocycles. The molecule has 1 aliphatic heterocycles. The van der Waals surface area contributed by atoms with E-state index in [1.54, 1.807) is 0 Å². The van der Waals surface area contributed by atoms with Crippen molar-refractivity contribution in [3.8, 4) is 0 Å². The average molecular weight is 144 g/mol. The maximum Gasteiger partial charge on any atom is 0.306 e. The second kappa shape index (κ2) is 3.01. The molecular formula is C7H12O3. The summed E-state index contributed by atoms with van der Waals surface area (Å²) in [5.41, 5.74) is 0. The molecule has 1 N–H and O–H groups in total. The Morgan fingerprint density at radius 2 is 2.00 bits per heavy atom. The van der Waals surface area contributed by atoms with Gasteiger partial charge in [-0.25, -0.2) is 0 Å². The summed E-state index contributed by atoms with van der Waals surface area (Å²) in [6.07, 6.45) is 0.884. The van der Waals surface area contributed by atoms with Crippen molar-refractivity contribution in [3.63, 3.8) is 0 Å². The molecule has 1 aliphatic carbocycles. The summed E-state index contributed by atoms with van der Waals surface area (Å²) >= 11 is 0. The van der Waals surface area contributed by atoms with Crippen LogP contribution in [-0.4, -0.2) is 24.3 Å². The third-order valence-electron chi connectivity index (χ3n) is 1.63. The smallest absolute Gasteiger partial charge is 0.306 e. The summed E-state index contributed by atoms with van der Waals surface area (Å²) in [5.74, 6) is -0.204. The summed E-state index contributed by atoms with van der Waals surface area (Å²) in [6.45, 7) is 3.96. The van der Waals surface area contributed by atoms with Crippen molar-refractivity contribution in [3.05, 3.63) is 0 Å². The van der Waals surface area contributed by atoms with E-state index in [1.807, 2.05) is 6.92 Å². The number of carboxylic acid groups (broad SMARTS) is 1. The Kier molecular flexibility index (Phi) is 2.27. The number of rotatable bonds is 1. The Morgan fingerprint density at radius 1 is 1.60 bits per heavy atom. The number of ether oxygens (including phenoxy) is 1. The van der Waals surface area contributed by atoms with Gasteiger partial charge in [-0.3, -0.25) is 4.79 Å². The quantitative estimate of drug-likeness (QED) is 0.552. The van der Waals surface area contributed by atoms with Gasteiger partial charge in [0, 0.05) is 0 Å². The number of carboxylic acids is 1. The van der Waals surface area contributed by atoms with Crippen LogP contribution in [0, 0.1) is 11.8 Å². The topological polar surface area (TPSA) is 49.8 Å². The van der Waals surface area contributed by atoms with E-state index in [0.717, 1.165) is 19.6 Å². The highest BCUT2D eigenvalue weighted by Crippen LogP contribution is 2.37. The molecule has 0 spiro atoms. The van der Waals surface area contributed by atoms with E-state index < -0.39 is 5.97 Å². The van der Waals surface area contributed by atoms with Gasteiger partial charge in [-0.2, -0.15) is 0 Å². The molecule has 10 heavy (non-hydrogen) atoms. The van der Waals surface area contributed by atoms with Gasteiger partial charge >= 0.3 is 5.97 Å². The number of epoxide rings is 1. The van der Waals surface area contributed by atoms with Crippen molar-refractivity contribution in [1.29, 1.82) is 0 Å². The Bertz CT molecular complexity index is 128. The largest absolute Gasteiger partial charge is 0.481 e. The van der Waals surface area contributed by atoms with E-state index >= 15 is 0 Å². The molecule has 1 heterocycles. The van der Waals surface area contributed by atoms with Gasteiger partial charge in [0.25, 0.3) is 0 Å². The lowest BCUT2D eigenvalue weighted by Crippen LogP contribution is -1.97. The molecule has 1 saturated carbocycles. The summed E-state index contributed by atoms with van der Waals surface area (Å²) in [6, 6.07) is 0. The van der Waals surface area contributed by atoms with Crippen LogP contribution in [0.2, 0.25) is 0 Å². The molecule has 0 amide bonds. The van der Waals surface area contributed by atoms with Gasteiger partial charge in [-0.05, 0) is 12.3 Å². The number of aliphatic carboxylic acids is 1. The van der Waals surface area contributed by atoms with Crippen LogP contribution in [0.1, 0.15) is 13.3 Å². The molecule has 2 atom stereocenters. The van der Waals surface area contributed by atoms with E-state index in [2.05, 4.69) is 4.74 Å². The van der Waals surface area contributed by atoms with E-state index in [9.17, 15) is 4.79 Å². The Hall–Kier alpha value is -0.570. The first kappa shape index (κ1) is 7.54. The van der Waals surface area contributed by atoms with Gasteiger partial charge in [0.1, 0.15) is 0 Å². The van der Waals surface area contributed by atoms with Crippen molar-refractivity contribution in [2.24, 2.45) is 11.8 Å². The molecule has 0 aromatic heterocycles. The first-order valence-electron chi connectivity index (χ1n) is 3.52. The van der Waals surface area contributed by atoms with Gasteiger partial charge in [0.05, 0.1) is 19.1 Å². The van der Waals surface area contributed by atoms with Crippen molar-refractivity contribution in [1.82, 2.24) is 0 Å². The Morgan fingerprint density at radius 3 is 2.00 bits per heavy atom. The van der Waals surface area contributed by atoms with Crippen LogP contribution in [0.4, 0.5) is 0 Å². The highest BCUT2D eigenvalue weighted by Gasteiger charge is 2.38. The molecule has 2 fully saturated rings. The SMILES string of the molecule is C1CO1.CC1CC1C(=O)O. The minimum atomic E-state index is -0.632. The van der Waals surface area contributed by atoms with E-state index in [4.69, 9.17) is 5.11 Å². The first-order chi connectivity index (χ1) is 4.72. The predicted octanol–water partition coefficient (Wildman–Crippen LogP) is 0.744. The second-order valence-corrected chi connectivity index (χ2v) is 2.77. The molecule has 2 aliphatic rings. The van der Waals surface area contributed by atoms with E-state index in [0.29, 0.717) is 5.92 Å². The monoisotopic (exact) mass is 144 g/mol. The third kappa shape index (κ3) is 2.82. The molecule has 58 valence electrons. The lowest BCUT2D eigenvalue weighted by Gasteiger charge is -1.79. The standard InChI is InChI=1S/C5H8O2.C2H4O/c1-3-2-4(3)5(6)7;1-2-3-1/h3-4H,2H2,1H3,(H,6,7);1-2H2. The summed E-state index contributed by atoms with van der Waals surface area (Å²) in [7, 11) is 0. The lowest BCUT2D eigenvalue weighted by molar-refractivity contribution is -0.138. The minimum absolute atomic E-state index is 0.0139. The minimum Gasteiger partial charge on any atom is -0.481 e. The van der Waals surface area contributed by atoms with Crippen LogP contribution in [0.5, 0.6) is 0 Å². The van der Waals surface area contributed by atoms with Crippen molar-refractivity contribution >= 4 is 5.97 Å². The summed E-state index contributed by atoms with van der Waals surface area (Å²) in [4.78, 5) is 9.97. The number of carbonyl (C=O) groups is 1.